The molecule has 0 atom stereocenters. The van der Waals surface area contributed by atoms with Crippen molar-refractivity contribution in [3.63, 3.8) is 0 Å². The molecule has 1 aromatic heterocycles. The molecule has 2 rings (SSSR count). The van der Waals surface area contributed by atoms with Crippen LogP contribution in [0.3, 0.4) is 0 Å². The fraction of sp³-hybridized carbons (Fsp3) is 0.400. The van der Waals surface area contributed by atoms with Crippen molar-refractivity contribution in [1.29, 1.82) is 0 Å². The molecule has 0 aliphatic heterocycles. The molecule has 5 nitrogen and oxygen atoms in total. The molecule has 1 heterocycles. The maximum absolute atomic E-state index is 12.6. The highest BCUT2D eigenvalue weighted by atomic mass is 32.2. The van der Waals surface area contributed by atoms with Gasteiger partial charge in [0.25, 0.3) is 10.0 Å². The lowest BCUT2D eigenvalue weighted by Gasteiger charge is -2.12. The zero-order valence-corrected chi connectivity index (χ0v) is 13.8. The highest BCUT2D eigenvalue weighted by Crippen LogP contribution is 2.24. The second kappa shape index (κ2) is 5.52. The van der Waals surface area contributed by atoms with E-state index in [2.05, 4.69) is 14.9 Å². The third kappa shape index (κ3) is 3.26. The quantitative estimate of drug-likeness (QED) is 0.910. The van der Waals surface area contributed by atoms with Crippen molar-refractivity contribution in [2.75, 3.05) is 4.72 Å². The van der Waals surface area contributed by atoms with E-state index in [1.165, 1.54) is 0 Å². The standard InChI is InChI=1S/C15H21N3O2S/c1-9(2)13-8-14(17-16-13)18-21(19,20)15-11(4)6-10(3)7-12(15)5/h6-9H,1-5H3,(H2,16,17,18). The number of benzene rings is 1. The molecule has 0 saturated carbocycles. The molecule has 0 bridgehead atoms. The highest BCUT2D eigenvalue weighted by molar-refractivity contribution is 7.92. The zero-order chi connectivity index (χ0) is 15.8. The molecule has 0 amide bonds. The van der Waals surface area contributed by atoms with Crippen LogP contribution in [0.25, 0.3) is 0 Å². The van der Waals surface area contributed by atoms with E-state index in [1.54, 1.807) is 19.9 Å². The van der Waals surface area contributed by atoms with E-state index in [4.69, 9.17) is 0 Å². The molecule has 0 aliphatic rings. The second-order valence-electron chi connectivity index (χ2n) is 5.70. The summed E-state index contributed by atoms with van der Waals surface area (Å²) in [6.45, 7) is 9.59. The average molecular weight is 307 g/mol. The molecule has 0 saturated heterocycles. The first-order valence-electron chi connectivity index (χ1n) is 6.86. The van der Waals surface area contributed by atoms with Crippen LogP contribution in [0.4, 0.5) is 5.82 Å². The molecule has 114 valence electrons. The van der Waals surface area contributed by atoms with Gasteiger partial charge in [0, 0.05) is 11.8 Å². The Hall–Kier alpha value is -1.82. The average Bonchev–Trinajstić information content (AvgIpc) is 2.74. The number of H-pyrrole nitrogens is 1. The van der Waals surface area contributed by atoms with Gasteiger partial charge in [-0.3, -0.25) is 9.82 Å². The lowest BCUT2D eigenvalue weighted by Crippen LogP contribution is -2.16. The maximum Gasteiger partial charge on any atom is 0.263 e. The van der Waals surface area contributed by atoms with E-state index in [0.717, 1.165) is 22.4 Å². The highest BCUT2D eigenvalue weighted by Gasteiger charge is 2.21. The van der Waals surface area contributed by atoms with Gasteiger partial charge >= 0.3 is 0 Å². The smallest absolute Gasteiger partial charge is 0.263 e. The van der Waals surface area contributed by atoms with Gasteiger partial charge in [0.1, 0.15) is 0 Å². The third-order valence-corrected chi connectivity index (χ3v) is 4.99. The summed E-state index contributed by atoms with van der Waals surface area (Å²) in [7, 11) is -3.64. The van der Waals surface area contributed by atoms with Crippen molar-refractivity contribution in [1.82, 2.24) is 10.2 Å². The molecule has 0 radical (unpaired) electrons. The lowest BCUT2D eigenvalue weighted by atomic mass is 10.1. The van der Waals surface area contributed by atoms with E-state index >= 15 is 0 Å². The molecule has 0 unspecified atom stereocenters. The number of hydrogen-bond donors (Lipinski definition) is 2. The summed E-state index contributed by atoms with van der Waals surface area (Å²) in [6.07, 6.45) is 0. The topological polar surface area (TPSA) is 74.8 Å². The Bertz CT molecular complexity index is 738. The number of nitrogens with one attached hydrogen (secondary N) is 2. The minimum atomic E-state index is -3.64. The fourth-order valence-electron chi connectivity index (χ4n) is 2.46. The van der Waals surface area contributed by atoms with Crippen molar-refractivity contribution in [2.24, 2.45) is 0 Å². The van der Waals surface area contributed by atoms with E-state index in [0.29, 0.717) is 10.7 Å². The van der Waals surface area contributed by atoms with Crippen molar-refractivity contribution in [3.8, 4) is 0 Å². The van der Waals surface area contributed by atoms with Crippen LogP contribution in [0.1, 0.15) is 42.1 Å². The third-order valence-electron chi connectivity index (χ3n) is 3.33. The SMILES string of the molecule is Cc1cc(C)c(S(=O)(=O)Nc2cc(C(C)C)[nH]n2)c(C)c1. The number of hydrogen-bond acceptors (Lipinski definition) is 3. The molecule has 0 aliphatic carbocycles. The first-order valence-corrected chi connectivity index (χ1v) is 8.35. The van der Waals surface area contributed by atoms with Gasteiger partial charge in [-0.1, -0.05) is 31.5 Å². The Morgan fingerprint density at radius 2 is 1.67 bits per heavy atom. The number of rotatable bonds is 4. The summed E-state index contributed by atoms with van der Waals surface area (Å²) in [5.74, 6) is 0.580. The molecular weight excluding hydrogens is 286 g/mol. The van der Waals surface area contributed by atoms with Crippen LogP contribution in [-0.4, -0.2) is 18.6 Å². The number of aromatic amines is 1. The van der Waals surface area contributed by atoms with E-state index in [9.17, 15) is 8.42 Å². The Morgan fingerprint density at radius 3 is 2.14 bits per heavy atom. The van der Waals surface area contributed by atoms with Crippen LogP contribution in [0, 0.1) is 20.8 Å². The van der Waals surface area contributed by atoms with Gasteiger partial charge in [-0.2, -0.15) is 5.10 Å². The van der Waals surface area contributed by atoms with Gasteiger partial charge in [-0.05, 0) is 37.8 Å². The van der Waals surface area contributed by atoms with Crippen molar-refractivity contribution >= 4 is 15.8 Å². The van der Waals surface area contributed by atoms with E-state index in [-0.39, 0.29) is 5.92 Å². The summed E-state index contributed by atoms with van der Waals surface area (Å²) in [5, 5.41) is 6.85. The summed E-state index contributed by atoms with van der Waals surface area (Å²) >= 11 is 0. The lowest BCUT2D eigenvalue weighted by molar-refractivity contribution is 0.599. The Balaban J connectivity index is 2.38. The minimum absolute atomic E-state index is 0.263. The zero-order valence-electron chi connectivity index (χ0n) is 13.0. The molecule has 0 fully saturated rings. The molecule has 2 N–H and O–H groups in total. The molecular formula is C15H21N3O2S. The van der Waals surface area contributed by atoms with Crippen LogP contribution in [0.15, 0.2) is 23.1 Å². The predicted molar refractivity (Wildman–Crippen MR) is 84.1 cm³/mol. The van der Waals surface area contributed by atoms with Gasteiger partial charge in [0.2, 0.25) is 0 Å². The first kappa shape index (κ1) is 15.6. The first-order chi connectivity index (χ1) is 9.70. The van der Waals surface area contributed by atoms with E-state index < -0.39 is 10.0 Å². The van der Waals surface area contributed by atoms with E-state index in [1.807, 2.05) is 32.9 Å². The Labute approximate surface area is 125 Å². The van der Waals surface area contributed by atoms with Crippen LogP contribution in [-0.2, 0) is 10.0 Å². The molecule has 2 aromatic rings. The van der Waals surface area contributed by atoms with Gasteiger partial charge in [0.15, 0.2) is 5.82 Å². The van der Waals surface area contributed by atoms with Crippen LogP contribution >= 0.6 is 0 Å². The molecule has 1 aromatic carbocycles. The number of nitrogens with zero attached hydrogens (tertiary/aromatic N) is 1. The van der Waals surface area contributed by atoms with Crippen LogP contribution in [0.2, 0.25) is 0 Å². The molecule has 21 heavy (non-hydrogen) atoms. The summed E-state index contributed by atoms with van der Waals surface area (Å²) in [5.41, 5.74) is 3.41. The van der Waals surface area contributed by atoms with Crippen LogP contribution in [0.5, 0.6) is 0 Å². The number of aryl methyl sites for hydroxylation is 3. The largest absolute Gasteiger partial charge is 0.280 e. The Kier molecular flexibility index (Phi) is 4.09. The number of sulfonamides is 1. The summed E-state index contributed by atoms with van der Waals surface area (Å²) in [6, 6.07) is 5.46. The van der Waals surface area contributed by atoms with Crippen LogP contribution < -0.4 is 4.72 Å². The summed E-state index contributed by atoms with van der Waals surface area (Å²) < 4.78 is 27.7. The Morgan fingerprint density at radius 1 is 1.10 bits per heavy atom. The van der Waals surface area contributed by atoms with Crippen molar-refractivity contribution in [3.05, 3.63) is 40.6 Å². The number of aromatic nitrogens is 2. The van der Waals surface area contributed by atoms with Crippen molar-refractivity contribution in [2.45, 2.75) is 45.4 Å². The van der Waals surface area contributed by atoms with Gasteiger partial charge in [-0.25, -0.2) is 8.42 Å². The fourth-order valence-corrected chi connectivity index (χ4v) is 3.91. The normalized spacial score (nSPS) is 11.9. The number of anilines is 1. The van der Waals surface area contributed by atoms with Gasteiger partial charge < -0.3 is 0 Å². The molecule has 6 heteroatoms. The second-order valence-corrected chi connectivity index (χ2v) is 7.32. The predicted octanol–water partition coefficient (Wildman–Crippen LogP) is 3.26. The van der Waals surface area contributed by atoms with Gasteiger partial charge in [-0.15, -0.1) is 0 Å². The molecule has 0 spiro atoms. The van der Waals surface area contributed by atoms with Gasteiger partial charge in [0.05, 0.1) is 4.90 Å². The van der Waals surface area contributed by atoms with Crippen molar-refractivity contribution < 1.29 is 8.42 Å². The maximum atomic E-state index is 12.6. The monoisotopic (exact) mass is 307 g/mol. The minimum Gasteiger partial charge on any atom is -0.280 e. The summed E-state index contributed by atoms with van der Waals surface area (Å²) in [4.78, 5) is 0.321.